The smallest absolute Gasteiger partial charge is 0.123 e. The van der Waals surface area contributed by atoms with Crippen LogP contribution in [0.3, 0.4) is 0 Å². The van der Waals surface area contributed by atoms with Crippen molar-refractivity contribution >= 4 is 15.9 Å². The maximum Gasteiger partial charge on any atom is 0.123 e. The van der Waals surface area contributed by atoms with E-state index >= 15 is 0 Å². The molecule has 1 aromatic rings. The van der Waals surface area contributed by atoms with Gasteiger partial charge in [0.15, 0.2) is 0 Å². The van der Waals surface area contributed by atoms with E-state index in [0.717, 1.165) is 30.3 Å². The van der Waals surface area contributed by atoms with Crippen LogP contribution in [0.4, 0.5) is 4.39 Å². The molecule has 2 atom stereocenters. The maximum absolute atomic E-state index is 13.1. The minimum absolute atomic E-state index is 0.155. The molecule has 2 unspecified atom stereocenters. The number of aryl methyl sites for hydroxylation is 1. The van der Waals surface area contributed by atoms with Crippen molar-refractivity contribution < 1.29 is 9.13 Å². The molecule has 0 bridgehead atoms. The van der Waals surface area contributed by atoms with Gasteiger partial charge in [-0.05, 0) is 49.9 Å². The third kappa shape index (κ3) is 2.55. The van der Waals surface area contributed by atoms with Crippen LogP contribution in [0, 0.1) is 18.2 Å². The van der Waals surface area contributed by atoms with Gasteiger partial charge in [-0.2, -0.15) is 0 Å². The fourth-order valence-corrected chi connectivity index (χ4v) is 3.45. The molecule has 1 saturated heterocycles. The summed E-state index contributed by atoms with van der Waals surface area (Å²) in [6.45, 7) is 4.93. The summed E-state index contributed by atoms with van der Waals surface area (Å²) in [4.78, 5) is 0. The Hall–Kier alpha value is -0.410. The number of alkyl halides is 1. The van der Waals surface area contributed by atoms with Gasteiger partial charge in [0.25, 0.3) is 0 Å². The maximum atomic E-state index is 13.1. The first-order valence-electron chi connectivity index (χ1n) is 6.00. The summed E-state index contributed by atoms with van der Waals surface area (Å²) in [5.74, 6) is -0.158. The highest BCUT2D eigenvalue weighted by molar-refractivity contribution is 9.09. The van der Waals surface area contributed by atoms with Gasteiger partial charge in [-0.1, -0.05) is 22.0 Å². The molecular weight excluding hydrogens is 283 g/mol. The molecule has 0 aliphatic carbocycles. The molecule has 0 amide bonds. The van der Waals surface area contributed by atoms with Gasteiger partial charge >= 0.3 is 0 Å². The molecule has 0 radical (unpaired) electrons. The first-order chi connectivity index (χ1) is 8.07. The lowest BCUT2D eigenvalue weighted by atomic mass is 9.77. The van der Waals surface area contributed by atoms with Crippen molar-refractivity contribution in [3.63, 3.8) is 0 Å². The lowest BCUT2D eigenvalue weighted by molar-refractivity contribution is 0.0746. The highest BCUT2D eigenvalue weighted by Gasteiger charge is 2.40. The van der Waals surface area contributed by atoms with E-state index in [0.29, 0.717) is 0 Å². The van der Waals surface area contributed by atoms with E-state index in [1.807, 2.05) is 13.0 Å². The quantitative estimate of drug-likeness (QED) is 0.770. The molecule has 0 aromatic heterocycles. The Labute approximate surface area is 110 Å². The summed E-state index contributed by atoms with van der Waals surface area (Å²) in [6, 6.07) is 5.06. The van der Waals surface area contributed by atoms with Gasteiger partial charge in [-0.3, -0.25) is 0 Å². The van der Waals surface area contributed by atoms with Crippen molar-refractivity contribution in [2.75, 3.05) is 11.9 Å². The molecule has 1 heterocycles. The largest absolute Gasteiger partial charge is 0.378 e. The zero-order valence-electron chi connectivity index (χ0n) is 10.3. The second-order valence-corrected chi connectivity index (χ2v) is 5.57. The van der Waals surface area contributed by atoms with Crippen LogP contribution in [-0.2, 0) is 11.2 Å². The van der Waals surface area contributed by atoms with Crippen LogP contribution < -0.4 is 0 Å². The van der Waals surface area contributed by atoms with Gasteiger partial charge in [0.2, 0.25) is 0 Å². The molecule has 1 aromatic carbocycles. The third-order valence-electron chi connectivity index (χ3n) is 3.94. The summed E-state index contributed by atoms with van der Waals surface area (Å²) in [7, 11) is 0. The lowest BCUT2D eigenvalue weighted by Crippen LogP contribution is -2.33. The normalized spacial score (nSPS) is 28.6. The molecule has 0 saturated carbocycles. The van der Waals surface area contributed by atoms with E-state index in [4.69, 9.17) is 4.74 Å². The Morgan fingerprint density at radius 3 is 2.82 bits per heavy atom. The molecule has 1 nitrogen and oxygen atoms in total. The van der Waals surface area contributed by atoms with Crippen LogP contribution in [0.5, 0.6) is 0 Å². The summed E-state index contributed by atoms with van der Waals surface area (Å²) in [5.41, 5.74) is 2.41. The molecular formula is C14H18BrFO. The second-order valence-electron chi connectivity index (χ2n) is 5.01. The number of hydrogen-bond donors (Lipinski definition) is 0. The molecule has 1 aliphatic rings. The van der Waals surface area contributed by atoms with Crippen molar-refractivity contribution in [2.24, 2.45) is 5.41 Å². The minimum Gasteiger partial charge on any atom is -0.378 e. The summed E-state index contributed by atoms with van der Waals surface area (Å²) in [5, 5.41) is 0.929. The average Bonchev–Trinajstić information content (AvgIpc) is 2.65. The highest BCUT2D eigenvalue weighted by Crippen LogP contribution is 2.40. The Morgan fingerprint density at radius 1 is 1.53 bits per heavy atom. The number of ether oxygens (including phenoxy) is 1. The molecule has 17 heavy (non-hydrogen) atoms. The molecule has 0 N–H and O–H groups in total. The fourth-order valence-electron chi connectivity index (χ4n) is 2.51. The van der Waals surface area contributed by atoms with E-state index in [1.54, 1.807) is 12.1 Å². The fraction of sp³-hybridized carbons (Fsp3) is 0.571. The van der Waals surface area contributed by atoms with Crippen LogP contribution >= 0.6 is 15.9 Å². The van der Waals surface area contributed by atoms with Gasteiger partial charge in [0.1, 0.15) is 5.82 Å². The number of benzene rings is 1. The van der Waals surface area contributed by atoms with E-state index in [9.17, 15) is 4.39 Å². The van der Waals surface area contributed by atoms with Gasteiger partial charge in [0.05, 0.1) is 6.10 Å². The SMILES string of the molecule is Cc1cc(F)ccc1CC1(CBr)CCOC1C. The number of rotatable bonds is 3. The van der Waals surface area contributed by atoms with Crippen molar-refractivity contribution in [2.45, 2.75) is 32.8 Å². The van der Waals surface area contributed by atoms with Gasteiger partial charge < -0.3 is 4.74 Å². The Kier molecular flexibility index (Phi) is 3.88. The van der Waals surface area contributed by atoms with Crippen LogP contribution in [-0.4, -0.2) is 18.0 Å². The predicted molar refractivity (Wildman–Crippen MR) is 71.1 cm³/mol. The Bertz CT molecular complexity index is 407. The highest BCUT2D eigenvalue weighted by atomic mass is 79.9. The van der Waals surface area contributed by atoms with E-state index < -0.39 is 0 Å². The molecule has 94 valence electrons. The first kappa shape index (κ1) is 13.0. The summed E-state index contributed by atoms with van der Waals surface area (Å²) < 4.78 is 18.8. The van der Waals surface area contributed by atoms with Crippen molar-refractivity contribution in [3.05, 3.63) is 35.1 Å². The zero-order chi connectivity index (χ0) is 12.5. The van der Waals surface area contributed by atoms with Crippen LogP contribution in [0.1, 0.15) is 24.5 Å². The van der Waals surface area contributed by atoms with Crippen LogP contribution in [0.15, 0.2) is 18.2 Å². The molecule has 2 rings (SSSR count). The Balaban J connectivity index is 2.24. The first-order valence-corrected chi connectivity index (χ1v) is 7.12. The molecule has 0 spiro atoms. The van der Waals surface area contributed by atoms with Gasteiger partial charge in [-0.25, -0.2) is 4.39 Å². The predicted octanol–water partition coefficient (Wildman–Crippen LogP) is 3.87. The van der Waals surface area contributed by atoms with Crippen LogP contribution in [0.25, 0.3) is 0 Å². The second kappa shape index (κ2) is 5.07. The lowest BCUT2D eigenvalue weighted by Gasteiger charge is -2.30. The van der Waals surface area contributed by atoms with Crippen LogP contribution in [0.2, 0.25) is 0 Å². The van der Waals surface area contributed by atoms with Gasteiger partial charge in [-0.15, -0.1) is 0 Å². The number of hydrogen-bond acceptors (Lipinski definition) is 1. The van der Waals surface area contributed by atoms with E-state index in [1.165, 1.54) is 5.56 Å². The van der Waals surface area contributed by atoms with Crippen molar-refractivity contribution in [3.8, 4) is 0 Å². The molecule has 1 fully saturated rings. The summed E-state index contributed by atoms with van der Waals surface area (Å²) in [6.07, 6.45) is 2.27. The third-order valence-corrected chi connectivity index (χ3v) is 5.06. The zero-order valence-corrected chi connectivity index (χ0v) is 11.9. The molecule has 3 heteroatoms. The topological polar surface area (TPSA) is 9.23 Å². The molecule has 1 aliphatic heterocycles. The van der Waals surface area contributed by atoms with E-state index in [-0.39, 0.29) is 17.3 Å². The monoisotopic (exact) mass is 300 g/mol. The van der Waals surface area contributed by atoms with Crippen molar-refractivity contribution in [1.82, 2.24) is 0 Å². The number of halogens is 2. The van der Waals surface area contributed by atoms with E-state index in [2.05, 4.69) is 22.9 Å². The average molecular weight is 301 g/mol. The summed E-state index contributed by atoms with van der Waals surface area (Å²) >= 11 is 3.62. The standard InChI is InChI=1S/C14H18BrFO/c1-10-7-13(16)4-3-12(10)8-14(9-15)5-6-17-11(14)2/h3-4,7,11H,5-6,8-9H2,1-2H3. The van der Waals surface area contributed by atoms with Crippen molar-refractivity contribution in [1.29, 1.82) is 0 Å². The Morgan fingerprint density at radius 2 is 2.29 bits per heavy atom. The van der Waals surface area contributed by atoms with Gasteiger partial charge in [0, 0.05) is 17.4 Å². The minimum atomic E-state index is -0.158.